The van der Waals surface area contributed by atoms with Gasteiger partial charge in [-0.2, -0.15) is 4.79 Å². The maximum Gasteiger partial charge on any atom is 0.602 e. The van der Waals surface area contributed by atoms with Crippen molar-refractivity contribution in [2.75, 3.05) is 0 Å². The van der Waals surface area contributed by atoms with Crippen LogP contribution in [0.15, 0.2) is 42.5 Å². The quantitative estimate of drug-likeness (QED) is 0.308. The standard InChI is InChI=1S/C21H25INO2/c1-14(2)18-11-17(22)12-19(15(3)4)20(18)23(5)21(24)25-13-16-9-7-6-8-10-16/h6-12,14-15H,5,13H2,1-4H3/q+1. The first kappa shape index (κ1) is 19.6. The molecular formula is C21H25INO2+. The summed E-state index contributed by atoms with van der Waals surface area (Å²) in [6, 6.07) is 13.9. The van der Waals surface area contributed by atoms with Crippen molar-refractivity contribution in [1.29, 1.82) is 0 Å². The molecule has 25 heavy (non-hydrogen) atoms. The summed E-state index contributed by atoms with van der Waals surface area (Å²) in [5, 5.41) is 0. The van der Waals surface area contributed by atoms with Gasteiger partial charge in [-0.3, -0.25) is 0 Å². The van der Waals surface area contributed by atoms with Crippen molar-refractivity contribution in [3.05, 3.63) is 62.7 Å². The lowest BCUT2D eigenvalue weighted by Gasteiger charge is -2.16. The zero-order valence-electron chi connectivity index (χ0n) is 15.3. The maximum atomic E-state index is 12.6. The minimum atomic E-state index is -0.436. The number of rotatable bonds is 5. The molecule has 132 valence electrons. The minimum absolute atomic E-state index is 0.240. The van der Waals surface area contributed by atoms with E-state index in [2.05, 4.69) is 69.1 Å². The summed E-state index contributed by atoms with van der Waals surface area (Å²) < 4.78 is 8.04. The van der Waals surface area contributed by atoms with E-state index in [1.54, 1.807) is 0 Å². The number of amides is 1. The van der Waals surface area contributed by atoms with Crippen molar-refractivity contribution in [2.45, 2.75) is 46.1 Å². The maximum absolute atomic E-state index is 12.6. The Labute approximate surface area is 163 Å². The van der Waals surface area contributed by atoms with Gasteiger partial charge in [0.05, 0.1) is 0 Å². The van der Waals surface area contributed by atoms with Gasteiger partial charge in [0.15, 0.2) is 0 Å². The first-order valence-electron chi connectivity index (χ1n) is 8.46. The molecule has 0 N–H and O–H groups in total. The summed E-state index contributed by atoms with van der Waals surface area (Å²) in [5.41, 5.74) is 4.05. The van der Waals surface area contributed by atoms with Gasteiger partial charge in [-0.05, 0) is 52.1 Å². The first-order valence-corrected chi connectivity index (χ1v) is 9.53. The second kappa shape index (κ2) is 8.61. The van der Waals surface area contributed by atoms with Crippen molar-refractivity contribution in [1.82, 2.24) is 0 Å². The Morgan fingerprint density at radius 2 is 1.60 bits per heavy atom. The summed E-state index contributed by atoms with van der Waals surface area (Å²) >= 11 is 2.32. The van der Waals surface area contributed by atoms with Crippen molar-refractivity contribution in [2.24, 2.45) is 0 Å². The highest BCUT2D eigenvalue weighted by molar-refractivity contribution is 14.1. The monoisotopic (exact) mass is 450 g/mol. The summed E-state index contributed by atoms with van der Waals surface area (Å²) in [4.78, 5) is 12.6. The minimum Gasteiger partial charge on any atom is -0.407 e. The lowest BCUT2D eigenvalue weighted by atomic mass is 9.92. The van der Waals surface area contributed by atoms with Crippen LogP contribution in [0.4, 0.5) is 10.5 Å². The number of carbonyl (C=O) groups is 1. The van der Waals surface area contributed by atoms with E-state index in [9.17, 15) is 4.79 Å². The van der Waals surface area contributed by atoms with Crippen LogP contribution in [0, 0.1) is 3.57 Å². The Balaban J connectivity index is 2.32. The summed E-state index contributed by atoms with van der Waals surface area (Å²) in [7, 11) is 0. The molecule has 0 aliphatic carbocycles. The van der Waals surface area contributed by atoms with E-state index in [0.717, 1.165) is 22.4 Å². The van der Waals surface area contributed by atoms with Crippen molar-refractivity contribution in [3.8, 4) is 0 Å². The number of halogens is 1. The number of nitrogens with zero attached hydrogens (tertiary/aromatic N) is 1. The second-order valence-corrected chi connectivity index (χ2v) is 7.96. The number of carbonyl (C=O) groups excluding carboxylic acids is 1. The summed E-state index contributed by atoms with van der Waals surface area (Å²) in [6.07, 6.45) is -0.436. The highest BCUT2D eigenvalue weighted by atomic mass is 127. The molecule has 0 unspecified atom stereocenters. The third-order valence-corrected chi connectivity index (χ3v) is 4.70. The van der Waals surface area contributed by atoms with Crippen LogP contribution in [0.25, 0.3) is 0 Å². The van der Waals surface area contributed by atoms with Crippen molar-refractivity contribution >= 4 is 41.1 Å². The fourth-order valence-electron chi connectivity index (χ4n) is 2.72. The number of hydrogen-bond donors (Lipinski definition) is 0. The van der Waals surface area contributed by atoms with E-state index in [4.69, 9.17) is 4.74 Å². The number of ether oxygens (including phenoxy) is 1. The van der Waals surface area contributed by atoms with Gasteiger partial charge in [-0.1, -0.05) is 62.6 Å². The SMILES string of the molecule is C=[N+](C(=O)OCc1ccccc1)c1c(C(C)C)cc(I)cc1C(C)C. The van der Waals surface area contributed by atoms with Crippen LogP contribution in [0.2, 0.25) is 0 Å². The van der Waals surface area contributed by atoms with E-state index in [-0.39, 0.29) is 18.4 Å². The third kappa shape index (κ3) is 4.91. The molecule has 0 fully saturated rings. The zero-order chi connectivity index (χ0) is 18.6. The molecule has 2 rings (SSSR count). The molecule has 3 nitrogen and oxygen atoms in total. The van der Waals surface area contributed by atoms with Crippen LogP contribution in [0.1, 0.15) is 56.2 Å². The molecule has 0 saturated carbocycles. The van der Waals surface area contributed by atoms with Gasteiger partial charge < -0.3 is 4.74 Å². The highest BCUT2D eigenvalue weighted by Gasteiger charge is 2.29. The van der Waals surface area contributed by atoms with Crippen molar-refractivity contribution < 1.29 is 14.1 Å². The molecule has 1 amide bonds. The zero-order valence-corrected chi connectivity index (χ0v) is 17.4. The first-order chi connectivity index (χ1) is 11.8. The van der Waals surface area contributed by atoms with E-state index in [1.165, 1.54) is 8.15 Å². The van der Waals surface area contributed by atoms with Gasteiger partial charge in [0.2, 0.25) is 5.69 Å². The molecule has 0 spiro atoms. The molecule has 0 aromatic heterocycles. The number of benzene rings is 2. The molecule has 2 aromatic rings. The topological polar surface area (TPSA) is 29.3 Å². The van der Waals surface area contributed by atoms with Gasteiger partial charge in [0, 0.05) is 14.7 Å². The van der Waals surface area contributed by atoms with Gasteiger partial charge in [-0.15, -0.1) is 0 Å². The van der Waals surface area contributed by atoms with Gasteiger partial charge in [-0.25, -0.2) is 0 Å². The lowest BCUT2D eigenvalue weighted by Crippen LogP contribution is -2.19. The Kier molecular flexibility index (Phi) is 6.76. The molecular weight excluding hydrogens is 425 g/mol. The Hall–Kier alpha value is -1.69. The summed E-state index contributed by atoms with van der Waals surface area (Å²) in [5.74, 6) is 0.571. The molecule has 2 aromatic carbocycles. The molecule has 0 heterocycles. The van der Waals surface area contributed by atoms with Crippen LogP contribution >= 0.6 is 22.6 Å². The van der Waals surface area contributed by atoms with Crippen LogP contribution in [-0.4, -0.2) is 17.4 Å². The van der Waals surface area contributed by atoms with Crippen molar-refractivity contribution in [3.63, 3.8) is 0 Å². The smallest absolute Gasteiger partial charge is 0.407 e. The fourth-order valence-corrected chi connectivity index (χ4v) is 3.39. The van der Waals surface area contributed by atoms with E-state index in [0.29, 0.717) is 0 Å². The molecule has 4 heteroatoms. The predicted octanol–water partition coefficient (Wildman–Crippen LogP) is 6.22. The molecule has 0 saturated heterocycles. The Bertz CT molecular complexity index is 738. The van der Waals surface area contributed by atoms with E-state index < -0.39 is 6.09 Å². The second-order valence-electron chi connectivity index (χ2n) is 6.71. The lowest BCUT2D eigenvalue weighted by molar-refractivity contribution is -0.350. The predicted molar refractivity (Wildman–Crippen MR) is 111 cm³/mol. The Morgan fingerprint density at radius 3 is 2.08 bits per heavy atom. The van der Waals surface area contributed by atoms with Crippen LogP contribution < -0.4 is 0 Å². The van der Waals surface area contributed by atoms with E-state index in [1.807, 2.05) is 30.3 Å². The normalized spacial score (nSPS) is 11.0. The summed E-state index contributed by atoms with van der Waals surface area (Å²) in [6.45, 7) is 12.7. The Morgan fingerprint density at radius 1 is 1.08 bits per heavy atom. The fraction of sp³-hybridized carbons (Fsp3) is 0.333. The van der Waals surface area contributed by atoms with Crippen LogP contribution in [0.3, 0.4) is 0 Å². The molecule has 0 radical (unpaired) electrons. The molecule has 0 bridgehead atoms. The van der Waals surface area contributed by atoms with Gasteiger partial charge in [0.1, 0.15) is 13.3 Å². The average Bonchev–Trinajstić information content (AvgIpc) is 2.59. The molecule has 0 atom stereocenters. The molecule has 0 aliphatic heterocycles. The third-order valence-electron chi connectivity index (χ3n) is 4.07. The highest BCUT2D eigenvalue weighted by Crippen LogP contribution is 2.36. The van der Waals surface area contributed by atoms with E-state index >= 15 is 0 Å². The van der Waals surface area contributed by atoms with Crippen LogP contribution in [0.5, 0.6) is 0 Å². The van der Waals surface area contributed by atoms with Crippen LogP contribution in [-0.2, 0) is 11.3 Å². The number of hydrogen-bond acceptors (Lipinski definition) is 2. The molecule has 0 aliphatic rings. The average molecular weight is 450 g/mol. The van der Waals surface area contributed by atoms with Gasteiger partial charge in [0.25, 0.3) is 0 Å². The largest absolute Gasteiger partial charge is 0.602 e. The van der Waals surface area contributed by atoms with Gasteiger partial charge >= 0.3 is 6.09 Å².